The molecule has 0 amide bonds. The smallest absolute Gasteiger partial charge is 0.129 e. The monoisotopic (exact) mass is 337 g/mol. The van der Waals surface area contributed by atoms with Crippen LogP contribution < -0.4 is 0 Å². The van der Waals surface area contributed by atoms with Crippen molar-refractivity contribution in [3.05, 3.63) is 46.0 Å². The number of nitrogens with zero attached hydrogens (tertiary/aromatic N) is 1. The van der Waals surface area contributed by atoms with E-state index in [1.807, 2.05) is 23.5 Å². The lowest BCUT2D eigenvalue weighted by Gasteiger charge is -2.26. The van der Waals surface area contributed by atoms with E-state index in [1.54, 1.807) is 6.26 Å². The SMILES string of the molecule is Cc1ccc(CN(CC(C)C)CC(O)COCc2ccco2)s1. The Morgan fingerprint density at radius 1 is 1.26 bits per heavy atom. The summed E-state index contributed by atoms with van der Waals surface area (Å²) in [6.45, 7) is 9.71. The van der Waals surface area contributed by atoms with E-state index in [-0.39, 0.29) is 0 Å². The summed E-state index contributed by atoms with van der Waals surface area (Å²) in [5.74, 6) is 1.34. The molecule has 128 valence electrons. The van der Waals surface area contributed by atoms with Crippen LogP contribution in [0, 0.1) is 12.8 Å². The molecule has 1 unspecified atom stereocenters. The van der Waals surface area contributed by atoms with Gasteiger partial charge in [0.05, 0.1) is 19.0 Å². The van der Waals surface area contributed by atoms with Gasteiger partial charge in [-0.25, -0.2) is 0 Å². The predicted octanol–water partition coefficient (Wildman–Crippen LogP) is 3.69. The van der Waals surface area contributed by atoms with Gasteiger partial charge in [0, 0.05) is 29.4 Å². The predicted molar refractivity (Wildman–Crippen MR) is 93.5 cm³/mol. The Morgan fingerprint density at radius 2 is 2.09 bits per heavy atom. The first kappa shape index (κ1) is 18.2. The Bertz CT molecular complexity index is 550. The van der Waals surface area contributed by atoms with Gasteiger partial charge in [0.25, 0.3) is 0 Å². The van der Waals surface area contributed by atoms with E-state index in [9.17, 15) is 5.11 Å². The largest absolute Gasteiger partial charge is 0.467 e. The van der Waals surface area contributed by atoms with Crippen LogP contribution in [0.2, 0.25) is 0 Å². The molecular weight excluding hydrogens is 310 g/mol. The number of aliphatic hydroxyl groups is 1. The lowest BCUT2D eigenvalue weighted by atomic mass is 10.2. The van der Waals surface area contributed by atoms with Crippen molar-refractivity contribution < 1.29 is 14.3 Å². The second-order valence-corrected chi connectivity index (χ2v) is 7.72. The number of furan rings is 1. The van der Waals surface area contributed by atoms with Crippen molar-refractivity contribution in [2.24, 2.45) is 5.92 Å². The molecule has 0 aromatic carbocycles. The van der Waals surface area contributed by atoms with Crippen LogP contribution >= 0.6 is 11.3 Å². The van der Waals surface area contributed by atoms with Crippen molar-refractivity contribution >= 4 is 11.3 Å². The van der Waals surface area contributed by atoms with Crippen LogP contribution in [0.15, 0.2) is 34.9 Å². The maximum absolute atomic E-state index is 10.3. The molecule has 0 fully saturated rings. The van der Waals surface area contributed by atoms with Crippen LogP contribution in [-0.4, -0.2) is 35.8 Å². The standard InChI is InChI=1S/C18H27NO3S/c1-14(2)9-19(11-18-7-6-15(3)23-18)10-16(20)12-21-13-17-5-4-8-22-17/h4-8,14,16,20H,9-13H2,1-3H3. The normalized spacial score (nSPS) is 13.1. The van der Waals surface area contributed by atoms with Crippen molar-refractivity contribution in [2.45, 2.75) is 40.0 Å². The third kappa shape index (κ3) is 6.87. The summed E-state index contributed by atoms with van der Waals surface area (Å²) in [6, 6.07) is 8.03. The highest BCUT2D eigenvalue weighted by atomic mass is 32.1. The minimum Gasteiger partial charge on any atom is -0.467 e. The van der Waals surface area contributed by atoms with Gasteiger partial charge < -0.3 is 14.3 Å². The van der Waals surface area contributed by atoms with Crippen LogP contribution in [0.25, 0.3) is 0 Å². The molecule has 0 aliphatic heterocycles. The van der Waals surface area contributed by atoms with Gasteiger partial charge in [-0.2, -0.15) is 0 Å². The van der Waals surface area contributed by atoms with E-state index in [4.69, 9.17) is 9.15 Å². The molecule has 2 aromatic heterocycles. The average Bonchev–Trinajstić information content (AvgIpc) is 3.10. The Hall–Kier alpha value is -1.14. The zero-order valence-electron chi connectivity index (χ0n) is 14.2. The fraction of sp³-hybridized carbons (Fsp3) is 0.556. The molecule has 0 saturated carbocycles. The number of aryl methyl sites for hydroxylation is 1. The number of aliphatic hydroxyl groups excluding tert-OH is 1. The fourth-order valence-electron chi connectivity index (χ4n) is 2.55. The lowest BCUT2D eigenvalue weighted by molar-refractivity contribution is 0.00239. The van der Waals surface area contributed by atoms with Crippen LogP contribution in [0.5, 0.6) is 0 Å². The van der Waals surface area contributed by atoms with E-state index in [1.165, 1.54) is 9.75 Å². The molecule has 0 aliphatic carbocycles. The van der Waals surface area contributed by atoms with E-state index < -0.39 is 6.10 Å². The topological polar surface area (TPSA) is 45.8 Å². The molecule has 0 aliphatic rings. The zero-order valence-corrected chi connectivity index (χ0v) is 15.0. The van der Waals surface area contributed by atoms with E-state index in [2.05, 4.69) is 37.8 Å². The quantitative estimate of drug-likeness (QED) is 0.718. The molecule has 0 bridgehead atoms. The maximum Gasteiger partial charge on any atom is 0.129 e. The molecule has 5 heteroatoms. The highest BCUT2D eigenvalue weighted by Gasteiger charge is 2.15. The number of hydrogen-bond donors (Lipinski definition) is 1. The van der Waals surface area contributed by atoms with Gasteiger partial charge in [-0.15, -0.1) is 11.3 Å². The van der Waals surface area contributed by atoms with Crippen LogP contribution in [0.4, 0.5) is 0 Å². The zero-order chi connectivity index (χ0) is 16.7. The van der Waals surface area contributed by atoms with Gasteiger partial charge in [-0.05, 0) is 37.1 Å². The summed E-state index contributed by atoms with van der Waals surface area (Å²) in [4.78, 5) is 4.97. The maximum atomic E-state index is 10.3. The molecule has 1 N–H and O–H groups in total. The average molecular weight is 337 g/mol. The Morgan fingerprint density at radius 3 is 2.70 bits per heavy atom. The minimum atomic E-state index is -0.496. The minimum absolute atomic E-state index is 0.318. The highest BCUT2D eigenvalue weighted by molar-refractivity contribution is 7.11. The Kier molecular flexibility index (Phi) is 7.30. The molecule has 23 heavy (non-hydrogen) atoms. The molecule has 0 radical (unpaired) electrons. The summed E-state index contributed by atoms with van der Waals surface area (Å²) >= 11 is 1.82. The first-order valence-electron chi connectivity index (χ1n) is 8.08. The molecule has 1 atom stereocenters. The Labute approximate surface area is 142 Å². The van der Waals surface area contributed by atoms with Crippen LogP contribution in [0.1, 0.15) is 29.4 Å². The van der Waals surface area contributed by atoms with Gasteiger partial charge in [0.15, 0.2) is 0 Å². The first-order chi connectivity index (χ1) is 11.0. The molecule has 2 heterocycles. The summed E-state index contributed by atoms with van der Waals surface area (Å²) in [5, 5.41) is 10.3. The van der Waals surface area contributed by atoms with Crippen molar-refractivity contribution in [3.63, 3.8) is 0 Å². The van der Waals surface area contributed by atoms with Gasteiger partial charge >= 0.3 is 0 Å². The third-order valence-corrected chi connectivity index (χ3v) is 4.39. The second kappa shape index (κ2) is 9.23. The number of ether oxygens (including phenoxy) is 1. The van der Waals surface area contributed by atoms with Gasteiger partial charge in [-0.1, -0.05) is 13.8 Å². The number of hydrogen-bond acceptors (Lipinski definition) is 5. The Balaban J connectivity index is 1.78. The van der Waals surface area contributed by atoms with Crippen molar-refractivity contribution in [3.8, 4) is 0 Å². The summed E-state index contributed by atoms with van der Waals surface area (Å²) < 4.78 is 10.7. The molecule has 2 aromatic rings. The lowest BCUT2D eigenvalue weighted by Crippen LogP contribution is -2.36. The molecular formula is C18H27NO3S. The summed E-state index contributed by atoms with van der Waals surface area (Å²) in [7, 11) is 0. The third-order valence-electron chi connectivity index (χ3n) is 3.40. The van der Waals surface area contributed by atoms with Crippen molar-refractivity contribution in [1.29, 1.82) is 0 Å². The van der Waals surface area contributed by atoms with Gasteiger partial charge in [-0.3, -0.25) is 4.90 Å². The van der Waals surface area contributed by atoms with E-state index in [0.29, 0.717) is 25.7 Å². The van der Waals surface area contributed by atoms with Gasteiger partial charge in [0.1, 0.15) is 12.4 Å². The summed E-state index contributed by atoms with van der Waals surface area (Å²) in [6.07, 6.45) is 1.13. The number of thiophene rings is 1. The summed E-state index contributed by atoms with van der Waals surface area (Å²) in [5.41, 5.74) is 0. The fourth-order valence-corrected chi connectivity index (χ4v) is 3.48. The highest BCUT2D eigenvalue weighted by Crippen LogP contribution is 2.18. The van der Waals surface area contributed by atoms with Gasteiger partial charge in [0.2, 0.25) is 0 Å². The van der Waals surface area contributed by atoms with E-state index >= 15 is 0 Å². The van der Waals surface area contributed by atoms with Crippen LogP contribution in [-0.2, 0) is 17.9 Å². The van der Waals surface area contributed by atoms with E-state index in [0.717, 1.165) is 18.8 Å². The van der Waals surface area contributed by atoms with Crippen LogP contribution in [0.3, 0.4) is 0 Å². The van der Waals surface area contributed by atoms with Crippen molar-refractivity contribution in [1.82, 2.24) is 4.90 Å². The molecule has 0 saturated heterocycles. The molecule has 4 nitrogen and oxygen atoms in total. The molecule has 0 spiro atoms. The second-order valence-electron chi connectivity index (χ2n) is 6.35. The van der Waals surface area contributed by atoms with Crippen molar-refractivity contribution in [2.75, 3.05) is 19.7 Å². The number of rotatable bonds is 10. The first-order valence-corrected chi connectivity index (χ1v) is 8.90. The molecule has 2 rings (SSSR count).